The Kier molecular flexibility index (Phi) is 5.41. The number of benzene rings is 2. The summed E-state index contributed by atoms with van der Waals surface area (Å²) in [7, 11) is 1.59. The maximum Gasteiger partial charge on any atom is 0.335 e. The maximum absolute atomic E-state index is 12.7. The number of hydrogen-bond donors (Lipinski definition) is 1. The van der Waals surface area contributed by atoms with Gasteiger partial charge in [0.05, 0.1) is 12.7 Å². The number of amides is 1. The standard InChI is InChI=1S/C26H29NO5/c1-31-22-9-8-19(25(29)30)13-21(22)18-6-4-17(5-7-18)20-14-26(15-20)10-11-27(16-26)24(28)23-3-2-12-32-23/h4-9,13,20,23H,2-3,10-12,14-16H2,1H3,(H,29,30)/t20?,23-,26?/m1/s1. The molecule has 2 aliphatic heterocycles. The van der Waals surface area contributed by atoms with Gasteiger partial charge in [0.1, 0.15) is 11.9 Å². The van der Waals surface area contributed by atoms with E-state index in [0.717, 1.165) is 56.3 Å². The topological polar surface area (TPSA) is 76.1 Å². The van der Waals surface area contributed by atoms with E-state index < -0.39 is 5.97 Å². The van der Waals surface area contributed by atoms with Gasteiger partial charge in [-0.2, -0.15) is 0 Å². The molecule has 168 valence electrons. The van der Waals surface area contributed by atoms with Crippen LogP contribution in [0.25, 0.3) is 11.1 Å². The van der Waals surface area contributed by atoms with E-state index in [4.69, 9.17) is 9.47 Å². The minimum atomic E-state index is -0.950. The number of carbonyl (C=O) groups excluding carboxylic acids is 1. The third kappa shape index (κ3) is 3.77. The Bertz CT molecular complexity index is 1020. The lowest BCUT2D eigenvalue weighted by Crippen LogP contribution is -2.42. The minimum Gasteiger partial charge on any atom is -0.496 e. The SMILES string of the molecule is COc1ccc(C(=O)O)cc1-c1ccc(C2CC3(CCN(C(=O)[C@H]4CCCO4)C3)C2)cc1. The Morgan fingerprint density at radius 1 is 1.16 bits per heavy atom. The summed E-state index contributed by atoms with van der Waals surface area (Å²) in [5, 5.41) is 9.32. The van der Waals surface area contributed by atoms with Crippen molar-refractivity contribution in [2.24, 2.45) is 5.41 Å². The van der Waals surface area contributed by atoms with Crippen molar-refractivity contribution in [1.82, 2.24) is 4.90 Å². The van der Waals surface area contributed by atoms with Gasteiger partial charge in [-0.1, -0.05) is 24.3 Å². The van der Waals surface area contributed by atoms with Gasteiger partial charge in [0, 0.05) is 25.3 Å². The molecule has 3 fully saturated rings. The number of ether oxygens (including phenoxy) is 2. The molecule has 1 spiro atoms. The van der Waals surface area contributed by atoms with Gasteiger partial charge < -0.3 is 19.5 Å². The van der Waals surface area contributed by atoms with Crippen molar-refractivity contribution < 1.29 is 24.2 Å². The van der Waals surface area contributed by atoms with E-state index in [0.29, 0.717) is 18.3 Å². The number of carbonyl (C=O) groups is 2. The summed E-state index contributed by atoms with van der Waals surface area (Å²) in [5.74, 6) is 0.403. The molecule has 1 N–H and O–H groups in total. The smallest absolute Gasteiger partial charge is 0.335 e. The van der Waals surface area contributed by atoms with E-state index in [1.54, 1.807) is 25.3 Å². The summed E-state index contributed by atoms with van der Waals surface area (Å²) in [6.45, 7) is 2.42. The first-order valence-corrected chi connectivity index (χ1v) is 11.4. The second-order valence-corrected chi connectivity index (χ2v) is 9.46. The zero-order valence-corrected chi connectivity index (χ0v) is 18.4. The summed E-state index contributed by atoms with van der Waals surface area (Å²) < 4.78 is 11.0. The Morgan fingerprint density at radius 3 is 2.59 bits per heavy atom. The molecule has 1 saturated carbocycles. The summed E-state index contributed by atoms with van der Waals surface area (Å²) in [5.41, 5.74) is 3.53. The van der Waals surface area contributed by atoms with Crippen molar-refractivity contribution in [3.05, 3.63) is 53.6 Å². The molecule has 32 heavy (non-hydrogen) atoms. The molecular weight excluding hydrogens is 406 g/mol. The van der Waals surface area contributed by atoms with Crippen LogP contribution in [0.1, 0.15) is 53.9 Å². The van der Waals surface area contributed by atoms with Crippen LogP contribution in [-0.4, -0.2) is 54.8 Å². The number of carboxylic acids is 1. The zero-order chi connectivity index (χ0) is 22.3. The molecule has 1 aliphatic carbocycles. The first-order chi connectivity index (χ1) is 15.5. The van der Waals surface area contributed by atoms with Crippen molar-refractivity contribution in [3.63, 3.8) is 0 Å². The number of rotatable bonds is 5. The normalized spacial score (nSPS) is 26.8. The van der Waals surface area contributed by atoms with Crippen LogP contribution in [0.15, 0.2) is 42.5 Å². The van der Waals surface area contributed by atoms with Crippen LogP contribution in [0.5, 0.6) is 5.75 Å². The number of aromatic carboxylic acids is 1. The molecule has 2 aromatic rings. The molecule has 0 aromatic heterocycles. The Hall–Kier alpha value is -2.86. The fraction of sp³-hybridized carbons (Fsp3) is 0.462. The highest BCUT2D eigenvalue weighted by molar-refractivity contribution is 5.90. The van der Waals surface area contributed by atoms with Gasteiger partial charge in [0.25, 0.3) is 5.91 Å². The molecule has 0 bridgehead atoms. The van der Waals surface area contributed by atoms with Crippen LogP contribution in [0.4, 0.5) is 0 Å². The highest BCUT2D eigenvalue weighted by atomic mass is 16.5. The monoisotopic (exact) mass is 435 g/mol. The highest BCUT2D eigenvalue weighted by Gasteiger charge is 2.50. The summed E-state index contributed by atoms with van der Waals surface area (Å²) in [6.07, 6.45) is 4.93. The van der Waals surface area contributed by atoms with Gasteiger partial charge in [-0.15, -0.1) is 0 Å². The quantitative estimate of drug-likeness (QED) is 0.756. The molecule has 6 heteroatoms. The Balaban J connectivity index is 1.24. The van der Waals surface area contributed by atoms with Gasteiger partial charge in [0.2, 0.25) is 0 Å². The first-order valence-electron chi connectivity index (χ1n) is 11.4. The van der Waals surface area contributed by atoms with E-state index in [9.17, 15) is 14.7 Å². The molecule has 5 rings (SSSR count). The molecule has 2 heterocycles. The second-order valence-electron chi connectivity index (χ2n) is 9.46. The average molecular weight is 436 g/mol. The Labute approximate surface area is 188 Å². The van der Waals surface area contributed by atoms with Crippen molar-refractivity contribution in [2.75, 3.05) is 26.8 Å². The lowest BCUT2D eigenvalue weighted by atomic mass is 9.59. The van der Waals surface area contributed by atoms with Crippen molar-refractivity contribution in [3.8, 4) is 16.9 Å². The number of nitrogens with zero attached hydrogens (tertiary/aromatic N) is 1. The second kappa shape index (κ2) is 8.24. The van der Waals surface area contributed by atoms with Gasteiger partial charge in [-0.05, 0) is 72.8 Å². The molecular formula is C26H29NO5. The van der Waals surface area contributed by atoms with E-state index in [1.165, 1.54) is 5.56 Å². The summed E-state index contributed by atoms with van der Waals surface area (Å²) >= 11 is 0. The summed E-state index contributed by atoms with van der Waals surface area (Å²) in [4.78, 5) is 26.1. The summed E-state index contributed by atoms with van der Waals surface area (Å²) in [6, 6.07) is 13.3. The minimum absolute atomic E-state index is 0.185. The van der Waals surface area contributed by atoms with Crippen LogP contribution in [0.3, 0.4) is 0 Å². The maximum atomic E-state index is 12.7. The average Bonchev–Trinajstić information content (AvgIpc) is 3.48. The number of likely N-dealkylation sites (tertiary alicyclic amines) is 1. The fourth-order valence-electron chi connectivity index (χ4n) is 5.66. The van der Waals surface area contributed by atoms with Crippen LogP contribution >= 0.6 is 0 Å². The Morgan fingerprint density at radius 2 is 1.94 bits per heavy atom. The molecule has 6 nitrogen and oxygen atoms in total. The van der Waals surface area contributed by atoms with Crippen LogP contribution in [0, 0.1) is 5.41 Å². The van der Waals surface area contributed by atoms with E-state index in [1.807, 2.05) is 17.0 Å². The van der Waals surface area contributed by atoms with Crippen molar-refractivity contribution in [2.45, 2.75) is 44.1 Å². The van der Waals surface area contributed by atoms with E-state index >= 15 is 0 Å². The number of methoxy groups -OCH3 is 1. The molecule has 3 aliphatic rings. The molecule has 1 atom stereocenters. The third-order valence-corrected chi connectivity index (χ3v) is 7.45. The van der Waals surface area contributed by atoms with E-state index in [2.05, 4.69) is 12.1 Å². The van der Waals surface area contributed by atoms with Gasteiger partial charge in [-0.25, -0.2) is 4.79 Å². The predicted octanol–water partition coefficient (Wildman–Crippen LogP) is 4.34. The zero-order valence-electron chi connectivity index (χ0n) is 18.4. The lowest BCUT2D eigenvalue weighted by Gasteiger charge is -2.45. The van der Waals surface area contributed by atoms with E-state index in [-0.39, 0.29) is 23.0 Å². The van der Waals surface area contributed by atoms with Gasteiger partial charge in [0.15, 0.2) is 0 Å². The number of hydrogen-bond acceptors (Lipinski definition) is 4. The molecule has 0 radical (unpaired) electrons. The first kappa shape index (κ1) is 21.0. The fourth-order valence-corrected chi connectivity index (χ4v) is 5.66. The number of carboxylic acid groups (broad SMARTS) is 1. The molecule has 1 amide bonds. The van der Waals surface area contributed by atoms with Crippen LogP contribution in [-0.2, 0) is 9.53 Å². The van der Waals surface area contributed by atoms with Crippen LogP contribution in [0.2, 0.25) is 0 Å². The van der Waals surface area contributed by atoms with Gasteiger partial charge in [-0.3, -0.25) is 4.79 Å². The molecule has 0 unspecified atom stereocenters. The largest absolute Gasteiger partial charge is 0.496 e. The van der Waals surface area contributed by atoms with Crippen LogP contribution < -0.4 is 4.74 Å². The lowest BCUT2D eigenvalue weighted by molar-refractivity contribution is -0.140. The van der Waals surface area contributed by atoms with Gasteiger partial charge >= 0.3 is 5.97 Å². The highest BCUT2D eigenvalue weighted by Crippen LogP contribution is 2.56. The van der Waals surface area contributed by atoms with Crippen molar-refractivity contribution in [1.29, 1.82) is 0 Å². The third-order valence-electron chi connectivity index (χ3n) is 7.45. The molecule has 2 saturated heterocycles. The van der Waals surface area contributed by atoms with Crippen molar-refractivity contribution >= 4 is 11.9 Å². The predicted molar refractivity (Wildman–Crippen MR) is 120 cm³/mol. The molecule has 2 aromatic carbocycles.